The Morgan fingerprint density at radius 1 is 1.44 bits per heavy atom. The van der Waals surface area contributed by atoms with Crippen molar-refractivity contribution in [2.45, 2.75) is 0 Å². The third kappa shape index (κ3) is 2.45. The average Bonchev–Trinajstić information content (AvgIpc) is 2.33. The van der Waals surface area contributed by atoms with Crippen LogP contribution in [0.2, 0.25) is 0 Å². The molecule has 94 valence electrons. The van der Waals surface area contributed by atoms with Gasteiger partial charge in [0.15, 0.2) is 5.75 Å². The predicted molar refractivity (Wildman–Crippen MR) is 70.0 cm³/mol. The van der Waals surface area contributed by atoms with Gasteiger partial charge in [-0.3, -0.25) is 4.79 Å². The number of nitrogens with one attached hydrogen (secondary N) is 1. The molecule has 3 N–H and O–H groups in total. The highest BCUT2D eigenvalue weighted by atomic mass is 79.9. The van der Waals surface area contributed by atoms with Gasteiger partial charge in [-0.15, -0.1) is 0 Å². The Hall–Kier alpha value is -2.02. The minimum Gasteiger partial charge on any atom is -0.487 e. The number of aromatic nitrogens is 2. The van der Waals surface area contributed by atoms with Crippen LogP contribution in [0.25, 0.3) is 0 Å². The van der Waals surface area contributed by atoms with Gasteiger partial charge in [-0.25, -0.2) is 4.98 Å². The molecule has 18 heavy (non-hydrogen) atoms. The van der Waals surface area contributed by atoms with Crippen LogP contribution in [-0.4, -0.2) is 17.1 Å². The highest BCUT2D eigenvalue weighted by molar-refractivity contribution is 9.10. The summed E-state index contributed by atoms with van der Waals surface area (Å²) >= 11 is 3.29. The summed E-state index contributed by atoms with van der Waals surface area (Å²) < 4.78 is 11.2. The van der Waals surface area contributed by atoms with Gasteiger partial charge in [0.2, 0.25) is 5.75 Å². The molecular weight excluding hydrogens is 302 g/mol. The molecular formula is C11H10BrN3O3. The van der Waals surface area contributed by atoms with Gasteiger partial charge >= 0.3 is 0 Å². The lowest BCUT2D eigenvalue weighted by molar-refractivity contribution is 0.363. The fourth-order valence-electron chi connectivity index (χ4n) is 1.34. The number of aromatic amines is 1. The zero-order valence-electron chi connectivity index (χ0n) is 9.44. The van der Waals surface area contributed by atoms with Crippen LogP contribution < -0.4 is 20.8 Å². The second kappa shape index (κ2) is 5.09. The van der Waals surface area contributed by atoms with Crippen molar-refractivity contribution < 1.29 is 9.47 Å². The number of hydrogen-bond donors (Lipinski definition) is 2. The van der Waals surface area contributed by atoms with E-state index in [4.69, 9.17) is 15.2 Å². The Kier molecular flexibility index (Phi) is 3.52. The van der Waals surface area contributed by atoms with Crippen LogP contribution >= 0.6 is 15.9 Å². The maximum atomic E-state index is 11.5. The molecule has 0 aliphatic heterocycles. The van der Waals surface area contributed by atoms with Crippen molar-refractivity contribution >= 4 is 21.6 Å². The summed E-state index contributed by atoms with van der Waals surface area (Å²) in [6.45, 7) is 0. The van der Waals surface area contributed by atoms with E-state index in [9.17, 15) is 4.79 Å². The smallest absolute Gasteiger partial charge is 0.297 e. The van der Waals surface area contributed by atoms with Crippen LogP contribution in [0.4, 0.5) is 5.69 Å². The van der Waals surface area contributed by atoms with Gasteiger partial charge in [0.25, 0.3) is 11.4 Å². The van der Waals surface area contributed by atoms with Crippen LogP contribution in [0, 0.1) is 0 Å². The molecule has 0 atom stereocenters. The second-order valence-electron chi connectivity index (χ2n) is 3.35. The third-order valence-electron chi connectivity index (χ3n) is 2.16. The first-order valence-corrected chi connectivity index (χ1v) is 5.75. The summed E-state index contributed by atoms with van der Waals surface area (Å²) in [7, 11) is 1.37. The lowest BCUT2D eigenvalue weighted by atomic mass is 10.3. The van der Waals surface area contributed by atoms with Crippen molar-refractivity contribution in [3.05, 3.63) is 39.4 Å². The average molecular weight is 312 g/mol. The zero-order valence-corrected chi connectivity index (χ0v) is 11.0. The first-order chi connectivity index (χ1) is 8.61. The molecule has 7 heteroatoms. The van der Waals surface area contributed by atoms with Crippen molar-refractivity contribution in [3.63, 3.8) is 0 Å². The molecule has 2 aromatic rings. The highest BCUT2D eigenvalue weighted by Gasteiger charge is 2.12. The fourth-order valence-corrected chi connectivity index (χ4v) is 1.72. The Labute approximate surface area is 111 Å². The van der Waals surface area contributed by atoms with Gasteiger partial charge in [0.05, 0.1) is 19.1 Å². The molecule has 0 radical (unpaired) electrons. The summed E-state index contributed by atoms with van der Waals surface area (Å²) in [5.41, 5.74) is 5.80. The van der Waals surface area contributed by atoms with Crippen molar-refractivity contribution in [2.75, 3.05) is 12.8 Å². The molecule has 0 bridgehead atoms. The third-order valence-corrected chi connectivity index (χ3v) is 2.65. The molecule has 0 saturated heterocycles. The van der Waals surface area contributed by atoms with E-state index in [0.717, 1.165) is 4.47 Å². The number of methoxy groups -OCH3 is 1. The number of H-pyrrole nitrogens is 1. The normalized spacial score (nSPS) is 10.1. The molecule has 2 rings (SSSR count). The number of anilines is 1. The molecule has 0 fully saturated rings. The van der Waals surface area contributed by atoms with Crippen LogP contribution in [0.15, 0.2) is 33.8 Å². The first kappa shape index (κ1) is 12.4. The zero-order chi connectivity index (χ0) is 13.1. The van der Waals surface area contributed by atoms with Crippen molar-refractivity contribution in [1.82, 2.24) is 9.97 Å². The van der Waals surface area contributed by atoms with Crippen molar-refractivity contribution in [3.8, 4) is 17.4 Å². The Morgan fingerprint density at radius 2 is 2.22 bits per heavy atom. The number of nitrogens with two attached hydrogens (primary N) is 1. The number of benzene rings is 1. The standard InChI is InChI=1S/C11H10BrN3O3/c1-17-9-10(16)14-5-15-11(9)18-8-3-2-6(12)4-7(8)13/h2-5H,13H2,1H3,(H,14,15,16). The van der Waals surface area contributed by atoms with Gasteiger partial charge < -0.3 is 20.2 Å². The molecule has 1 aromatic heterocycles. The molecule has 6 nitrogen and oxygen atoms in total. The first-order valence-electron chi connectivity index (χ1n) is 4.96. The highest BCUT2D eigenvalue weighted by Crippen LogP contribution is 2.31. The lowest BCUT2D eigenvalue weighted by Gasteiger charge is -2.09. The Bertz CT molecular complexity index is 627. The predicted octanol–water partition coefficient (Wildman–Crippen LogP) is 1.92. The van der Waals surface area contributed by atoms with E-state index in [0.29, 0.717) is 11.4 Å². The van der Waals surface area contributed by atoms with E-state index >= 15 is 0 Å². The maximum absolute atomic E-state index is 11.5. The minimum atomic E-state index is -0.418. The molecule has 1 heterocycles. The summed E-state index contributed by atoms with van der Waals surface area (Å²) in [5, 5.41) is 0. The van der Waals surface area contributed by atoms with Crippen LogP contribution in [0.5, 0.6) is 17.4 Å². The number of ether oxygens (including phenoxy) is 2. The summed E-state index contributed by atoms with van der Waals surface area (Å²) in [6.07, 6.45) is 1.23. The molecule has 0 amide bonds. The van der Waals surface area contributed by atoms with Gasteiger partial charge in [0.1, 0.15) is 0 Å². The minimum absolute atomic E-state index is 0.000168. The lowest BCUT2D eigenvalue weighted by Crippen LogP contribution is -2.11. The van der Waals surface area contributed by atoms with E-state index in [2.05, 4.69) is 25.9 Å². The largest absolute Gasteiger partial charge is 0.487 e. The fraction of sp³-hybridized carbons (Fsp3) is 0.0909. The summed E-state index contributed by atoms with van der Waals surface area (Å²) in [6, 6.07) is 5.13. The SMILES string of the molecule is COc1c(Oc2ccc(Br)cc2N)nc[nH]c1=O. The van der Waals surface area contributed by atoms with Crippen LogP contribution in [0.3, 0.4) is 0 Å². The van der Waals surface area contributed by atoms with E-state index < -0.39 is 5.56 Å². The summed E-state index contributed by atoms with van der Waals surface area (Å²) in [5.74, 6) is 0.463. The van der Waals surface area contributed by atoms with E-state index in [1.54, 1.807) is 18.2 Å². The molecule has 0 saturated carbocycles. The number of nitrogen functional groups attached to an aromatic ring is 1. The second-order valence-corrected chi connectivity index (χ2v) is 4.27. The molecule has 0 spiro atoms. The van der Waals surface area contributed by atoms with Gasteiger partial charge in [-0.05, 0) is 18.2 Å². The quantitative estimate of drug-likeness (QED) is 0.845. The number of hydrogen-bond acceptors (Lipinski definition) is 5. The van der Waals surface area contributed by atoms with Gasteiger partial charge in [-0.2, -0.15) is 0 Å². The van der Waals surface area contributed by atoms with E-state index in [-0.39, 0.29) is 11.6 Å². The van der Waals surface area contributed by atoms with Crippen LogP contribution in [0.1, 0.15) is 0 Å². The molecule has 0 aliphatic carbocycles. The number of halogens is 1. The topological polar surface area (TPSA) is 90.2 Å². The van der Waals surface area contributed by atoms with E-state index in [1.165, 1.54) is 13.4 Å². The Balaban J connectivity index is 2.40. The maximum Gasteiger partial charge on any atom is 0.297 e. The van der Waals surface area contributed by atoms with Crippen molar-refractivity contribution in [2.24, 2.45) is 0 Å². The summed E-state index contributed by atoms with van der Waals surface area (Å²) in [4.78, 5) is 17.8. The Morgan fingerprint density at radius 3 is 2.89 bits per heavy atom. The van der Waals surface area contributed by atoms with E-state index in [1.807, 2.05) is 0 Å². The molecule has 0 unspecified atom stereocenters. The molecule has 0 aliphatic rings. The number of rotatable bonds is 3. The van der Waals surface area contributed by atoms with Crippen molar-refractivity contribution in [1.29, 1.82) is 0 Å². The monoisotopic (exact) mass is 311 g/mol. The van der Waals surface area contributed by atoms with Gasteiger partial charge in [0, 0.05) is 4.47 Å². The molecule has 1 aromatic carbocycles. The van der Waals surface area contributed by atoms with Crippen LogP contribution in [-0.2, 0) is 0 Å². The number of nitrogens with zero attached hydrogens (tertiary/aromatic N) is 1. The van der Waals surface area contributed by atoms with Gasteiger partial charge in [-0.1, -0.05) is 15.9 Å².